The Morgan fingerprint density at radius 2 is 2.05 bits per heavy atom. The minimum atomic E-state index is 0.744. The molecular weight excluding hydrogens is 232 g/mol. The first-order valence-corrected chi connectivity index (χ1v) is 7.79. The van der Waals surface area contributed by atoms with Gasteiger partial charge in [-0.25, -0.2) is 0 Å². The molecule has 0 bridgehead atoms. The van der Waals surface area contributed by atoms with Crippen molar-refractivity contribution in [3.8, 4) is 0 Å². The molecule has 19 heavy (non-hydrogen) atoms. The summed E-state index contributed by atoms with van der Waals surface area (Å²) in [5.74, 6) is 1.94. The van der Waals surface area contributed by atoms with E-state index in [0.717, 1.165) is 24.3 Å². The van der Waals surface area contributed by atoms with Crippen molar-refractivity contribution >= 4 is 0 Å². The summed E-state index contributed by atoms with van der Waals surface area (Å²) in [6, 6.07) is 11.6. The maximum atomic E-state index is 3.75. The Kier molecular flexibility index (Phi) is 4.19. The lowest BCUT2D eigenvalue weighted by Crippen LogP contribution is -2.39. The quantitative estimate of drug-likeness (QED) is 0.873. The van der Waals surface area contributed by atoms with Crippen LogP contribution in [-0.4, -0.2) is 37.6 Å². The Bertz CT molecular complexity index is 390. The maximum absolute atomic E-state index is 3.75. The number of hydrogen-bond acceptors (Lipinski definition) is 2. The highest BCUT2D eigenvalue weighted by molar-refractivity contribution is 5.14. The van der Waals surface area contributed by atoms with Crippen LogP contribution in [0.25, 0.3) is 0 Å². The van der Waals surface area contributed by atoms with E-state index in [-0.39, 0.29) is 0 Å². The lowest BCUT2D eigenvalue weighted by atomic mass is 9.94. The van der Waals surface area contributed by atoms with Crippen LogP contribution in [-0.2, 0) is 6.42 Å². The van der Waals surface area contributed by atoms with Crippen molar-refractivity contribution in [2.24, 2.45) is 11.8 Å². The molecule has 0 radical (unpaired) electrons. The van der Waals surface area contributed by atoms with Gasteiger partial charge in [0.05, 0.1) is 0 Å². The SMILES string of the molecule is CN(CCc1ccccc1)CC1NCC2CCCC21. The summed E-state index contributed by atoms with van der Waals surface area (Å²) in [4.78, 5) is 2.51. The normalized spacial score (nSPS) is 29.9. The summed E-state index contributed by atoms with van der Waals surface area (Å²) in [6.45, 7) is 3.65. The van der Waals surface area contributed by atoms with Crippen molar-refractivity contribution in [1.82, 2.24) is 10.2 Å². The molecule has 1 aromatic carbocycles. The highest BCUT2D eigenvalue weighted by Crippen LogP contribution is 2.37. The summed E-state index contributed by atoms with van der Waals surface area (Å²) in [5, 5.41) is 3.75. The topological polar surface area (TPSA) is 15.3 Å². The summed E-state index contributed by atoms with van der Waals surface area (Å²) in [6.07, 6.45) is 5.54. The van der Waals surface area contributed by atoms with Crippen molar-refractivity contribution in [3.05, 3.63) is 35.9 Å². The van der Waals surface area contributed by atoms with Crippen LogP contribution in [0.5, 0.6) is 0 Å². The first kappa shape index (κ1) is 13.1. The smallest absolute Gasteiger partial charge is 0.0226 e. The zero-order valence-electron chi connectivity index (χ0n) is 12.0. The molecule has 0 aromatic heterocycles. The van der Waals surface area contributed by atoms with Crippen LogP contribution in [0.2, 0.25) is 0 Å². The molecule has 1 N–H and O–H groups in total. The van der Waals surface area contributed by atoms with Crippen LogP contribution < -0.4 is 5.32 Å². The monoisotopic (exact) mass is 258 g/mol. The third-order valence-electron chi connectivity index (χ3n) is 5.01. The van der Waals surface area contributed by atoms with E-state index in [0.29, 0.717) is 0 Å². The number of fused-ring (bicyclic) bond motifs is 1. The number of nitrogens with zero attached hydrogens (tertiary/aromatic N) is 1. The van der Waals surface area contributed by atoms with Gasteiger partial charge in [-0.2, -0.15) is 0 Å². The fraction of sp³-hybridized carbons (Fsp3) is 0.647. The molecular formula is C17H26N2. The maximum Gasteiger partial charge on any atom is 0.0226 e. The second kappa shape index (κ2) is 6.06. The molecule has 3 unspecified atom stereocenters. The summed E-state index contributed by atoms with van der Waals surface area (Å²) < 4.78 is 0. The minimum Gasteiger partial charge on any atom is -0.312 e. The van der Waals surface area contributed by atoms with Crippen molar-refractivity contribution in [1.29, 1.82) is 0 Å². The van der Waals surface area contributed by atoms with E-state index in [1.807, 2.05) is 0 Å². The second-order valence-corrected chi connectivity index (χ2v) is 6.37. The Balaban J connectivity index is 1.45. The average Bonchev–Trinajstić information content (AvgIpc) is 3.03. The summed E-state index contributed by atoms with van der Waals surface area (Å²) in [5.41, 5.74) is 1.45. The van der Waals surface area contributed by atoms with Crippen LogP contribution in [0.15, 0.2) is 30.3 Å². The van der Waals surface area contributed by atoms with Crippen LogP contribution >= 0.6 is 0 Å². The number of benzene rings is 1. The van der Waals surface area contributed by atoms with Crippen molar-refractivity contribution in [2.75, 3.05) is 26.7 Å². The fourth-order valence-electron chi connectivity index (χ4n) is 3.89. The molecule has 1 aromatic rings. The van der Waals surface area contributed by atoms with E-state index < -0.39 is 0 Å². The molecule has 2 nitrogen and oxygen atoms in total. The highest BCUT2D eigenvalue weighted by Gasteiger charge is 2.38. The van der Waals surface area contributed by atoms with Crippen LogP contribution in [0.1, 0.15) is 24.8 Å². The molecule has 3 atom stereocenters. The van der Waals surface area contributed by atoms with Gasteiger partial charge in [0.1, 0.15) is 0 Å². The van der Waals surface area contributed by atoms with Crippen LogP contribution in [0.4, 0.5) is 0 Å². The van der Waals surface area contributed by atoms with Gasteiger partial charge >= 0.3 is 0 Å². The Morgan fingerprint density at radius 1 is 1.21 bits per heavy atom. The largest absolute Gasteiger partial charge is 0.312 e. The molecule has 1 aliphatic heterocycles. The molecule has 1 aliphatic carbocycles. The average molecular weight is 258 g/mol. The first-order valence-electron chi connectivity index (χ1n) is 7.79. The van der Waals surface area contributed by atoms with Gasteiger partial charge in [-0.3, -0.25) is 0 Å². The van der Waals surface area contributed by atoms with Crippen LogP contribution in [0, 0.1) is 11.8 Å². The lowest BCUT2D eigenvalue weighted by Gasteiger charge is -2.25. The Labute approximate surface area is 117 Å². The predicted molar refractivity (Wildman–Crippen MR) is 80.3 cm³/mol. The van der Waals surface area contributed by atoms with Gasteiger partial charge in [-0.05, 0) is 50.3 Å². The van der Waals surface area contributed by atoms with Crippen molar-refractivity contribution in [3.63, 3.8) is 0 Å². The number of likely N-dealkylation sites (N-methyl/N-ethyl adjacent to an activating group) is 1. The van der Waals surface area contributed by atoms with Gasteiger partial charge in [-0.15, -0.1) is 0 Å². The van der Waals surface area contributed by atoms with Crippen molar-refractivity contribution in [2.45, 2.75) is 31.7 Å². The zero-order valence-corrected chi connectivity index (χ0v) is 12.0. The molecule has 104 valence electrons. The molecule has 1 saturated heterocycles. The predicted octanol–water partition coefficient (Wildman–Crippen LogP) is 2.55. The third-order valence-corrected chi connectivity index (χ3v) is 5.01. The fourth-order valence-corrected chi connectivity index (χ4v) is 3.89. The number of nitrogens with one attached hydrogen (secondary N) is 1. The molecule has 0 amide bonds. The summed E-state index contributed by atoms with van der Waals surface area (Å²) >= 11 is 0. The van der Waals surface area contributed by atoms with Gasteiger partial charge in [-0.1, -0.05) is 36.8 Å². The highest BCUT2D eigenvalue weighted by atomic mass is 15.1. The zero-order chi connectivity index (χ0) is 13.1. The number of rotatable bonds is 5. The van der Waals surface area contributed by atoms with E-state index in [2.05, 4.69) is 47.6 Å². The first-order chi connectivity index (χ1) is 9.33. The van der Waals surface area contributed by atoms with E-state index in [1.54, 1.807) is 0 Å². The molecule has 0 spiro atoms. The van der Waals surface area contributed by atoms with Gasteiger partial charge in [0.2, 0.25) is 0 Å². The van der Waals surface area contributed by atoms with Gasteiger partial charge in [0.25, 0.3) is 0 Å². The summed E-state index contributed by atoms with van der Waals surface area (Å²) in [7, 11) is 2.27. The standard InChI is InChI=1S/C17H26N2/c1-19(11-10-14-6-3-2-4-7-14)13-17-16-9-5-8-15(16)12-18-17/h2-4,6-7,15-18H,5,8-13H2,1H3. The van der Waals surface area contributed by atoms with Gasteiger partial charge in [0, 0.05) is 19.1 Å². The molecule has 1 saturated carbocycles. The second-order valence-electron chi connectivity index (χ2n) is 6.37. The van der Waals surface area contributed by atoms with E-state index >= 15 is 0 Å². The van der Waals surface area contributed by atoms with Crippen molar-refractivity contribution < 1.29 is 0 Å². The third kappa shape index (κ3) is 3.18. The molecule has 2 fully saturated rings. The molecule has 3 rings (SSSR count). The van der Waals surface area contributed by atoms with E-state index in [1.165, 1.54) is 44.5 Å². The minimum absolute atomic E-state index is 0.744. The van der Waals surface area contributed by atoms with Gasteiger partial charge < -0.3 is 10.2 Å². The number of hydrogen-bond donors (Lipinski definition) is 1. The van der Waals surface area contributed by atoms with E-state index in [4.69, 9.17) is 0 Å². The van der Waals surface area contributed by atoms with Crippen LogP contribution in [0.3, 0.4) is 0 Å². The Morgan fingerprint density at radius 3 is 2.89 bits per heavy atom. The molecule has 2 aliphatic rings. The lowest BCUT2D eigenvalue weighted by molar-refractivity contribution is 0.268. The Hall–Kier alpha value is -0.860. The van der Waals surface area contributed by atoms with Gasteiger partial charge in [0.15, 0.2) is 0 Å². The molecule has 2 heteroatoms. The molecule has 1 heterocycles. The van der Waals surface area contributed by atoms with E-state index in [9.17, 15) is 0 Å².